The van der Waals surface area contributed by atoms with E-state index in [4.69, 9.17) is 0 Å². The highest BCUT2D eigenvalue weighted by molar-refractivity contribution is 6.61. The number of fused-ring (bicyclic) bond motifs is 1. The Morgan fingerprint density at radius 3 is 2.72 bits per heavy atom. The van der Waals surface area contributed by atoms with Gasteiger partial charge in [-0.2, -0.15) is 0 Å². The molecule has 5 nitrogen and oxygen atoms in total. The SMILES string of the molecule is O=C1CCC(N2Bc3ccccc3C2=O)C(=O)N1. The topological polar surface area (TPSA) is 66.5 Å². The summed E-state index contributed by atoms with van der Waals surface area (Å²) in [6, 6.07) is 6.82. The Balaban J connectivity index is 1.86. The van der Waals surface area contributed by atoms with Crippen LogP contribution in [0, 0.1) is 0 Å². The van der Waals surface area contributed by atoms with Gasteiger partial charge in [0, 0.05) is 12.0 Å². The Bertz CT molecular complexity index is 558. The van der Waals surface area contributed by atoms with E-state index in [2.05, 4.69) is 5.32 Å². The number of carbonyl (C=O) groups excluding carboxylic acids is 3. The van der Waals surface area contributed by atoms with Crippen LogP contribution in [0.2, 0.25) is 0 Å². The Morgan fingerprint density at radius 1 is 1.22 bits per heavy atom. The zero-order valence-corrected chi connectivity index (χ0v) is 9.68. The largest absolute Gasteiger partial charge is 0.370 e. The summed E-state index contributed by atoms with van der Waals surface area (Å²) in [6.45, 7) is 0. The summed E-state index contributed by atoms with van der Waals surface area (Å²) in [7, 11) is 0.446. The van der Waals surface area contributed by atoms with Gasteiger partial charge in [-0.15, -0.1) is 0 Å². The summed E-state index contributed by atoms with van der Waals surface area (Å²) >= 11 is 0. The minimum Gasteiger partial charge on any atom is -0.370 e. The summed E-state index contributed by atoms with van der Waals surface area (Å²) < 4.78 is 0. The van der Waals surface area contributed by atoms with Gasteiger partial charge in [0.2, 0.25) is 17.7 Å². The van der Waals surface area contributed by atoms with Crippen molar-refractivity contribution in [2.24, 2.45) is 0 Å². The average Bonchev–Trinajstić information content (AvgIpc) is 2.68. The van der Waals surface area contributed by atoms with Crippen LogP contribution in [0.5, 0.6) is 0 Å². The van der Waals surface area contributed by atoms with E-state index < -0.39 is 6.04 Å². The molecule has 3 rings (SSSR count). The molecule has 3 amide bonds. The van der Waals surface area contributed by atoms with Crippen LogP contribution in [0.15, 0.2) is 24.3 Å². The second kappa shape index (κ2) is 3.98. The third-order valence-electron chi connectivity index (χ3n) is 3.44. The van der Waals surface area contributed by atoms with Crippen molar-refractivity contribution in [3.8, 4) is 0 Å². The van der Waals surface area contributed by atoms with Crippen molar-refractivity contribution in [2.45, 2.75) is 18.9 Å². The molecule has 1 atom stereocenters. The van der Waals surface area contributed by atoms with Crippen molar-refractivity contribution in [2.75, 3.05) is 0 Å². The van der Waals surface area contributed by atoms with Crippen molar-refractivity contribution in [1.29, 1.82) is 0 Å². The normalized spacial score (nSPS) is 22.6. The smallest absolute Gasteiger partial charge is 0.275 e. The number of piperidine rings is 1. The fourth-order valence-corrected chi connectivity index (χ4v) is 2.51. The van der Waals surface area contributed by atoms with Crippen LogP contribution in [-0.2, 0) is 9.59 Å². The average molecular weight is 242 g/mol. The molecule has 0 bridgehead atoms. The Hall–Kier alpha value is -2.11. The predicted octanol–water partition coefficient (Wildman–Crippen LogP) is -1.08. The molecule has 2 heterocycles. The Labute approximate surface area is 104 Å². The maximum atomic E-state index is 12.2. The number of hydrogen-bond donors (Lipinski definition) is 1. The molecular weight excluding hydrogens is 231 g/mol. The van der Waals surface area contributed by atoms with Gasteiger partial charge in [-0.1, -0.05) is 18.2 Å². The van der Waals surface area contributed by atoms with E-state index in [1.165, 1.54) is 0 Å². The lowest BCUT2D eigenvalue weighted by atomic mass is 9.81. The lowest BCUT2D eigenvalue weighted by molar-refractivity contribution is -0.135. The fourth-order valence-electron chi connectivity index (χ4n) is 2.51. The van der Waals surface area contributed by atoms with E-state index in [1.54, 1.807) is 10.9 Å². The van der Waals surface area contributed by atoms with Crippen LogP contribution < -0.4 is 10.8 Å². The molecule has 1 aromatic carbocycles. The lowest BCUT2D eigenvalue weighted by Gasteiger charge is -2.29. The molecule has 0 spiro atoms. The van der Waals surface area contributed by atoms with Crippen molar-refractivity contribution in [1.82, 2.24) is 10.1 Å². The van der Waals surface area contributed by atoms with Crippen LogP contribution in [0.3, 0.4) is 0 Å². The van der Waals surface area contributed by atoms with E-state index in [0.29, 0.717) is 19.4 Å². The third kappa shape index (κ3) is 1.61. The van der Waals surface area contributed by atoms with E-state index in [0.717, 1.165) is 5.46 Å². The van der Waals surface area contributed by atoms with Crippen molar-refractivity contribution >= 4 is 30.6 Å². The zero-order valence-electron chi connectivity index (χ0n) is 9.68. The second-order valence-electron chi connectivity index (χ2n) is 4.56. The molecule has 2 aliphatic heterocycles. The minimum atomic E-state index is -0.525. The maximum absolute atomic E-state index is 12.2. The molecule has 6 heteroatoms. The van der Waals surface area contributed by atoms with Gasteiger partial charge in [-0.25, -0.2) is 0 Å². The number of hydrogen-bond acceptors (Lipinski definition) is 3. The quantitative estimate of drug-likeness (QED) is 0.503. The fraction of sp³-hybridized carbons (Fsp3) is 0.250. The van der Waals surface area contributed by atoms with Crippen molar-refractivity contribution < 1.29 is 14.4 Å². The number of carbonyl (C=O) groups is 3. The van der Waals surface area contributed by atoms with E-state index in [9.17, 15) is 14.4 Å². The molecule has 18 heavy (non-hydrogen) atoms. The molecular formula is C12H11BN2O3. The first-order valence-corrected chi connectivity index (χ1v) is 5.89. The summed E-state index contributed by atoms with van der Waals surface area (Å²) in [5.41, 5.74) is 1.59. The van der Waals surface area contributed by atoms with Gasteiger partial charge >= 0.3 is 0 Å². The molecule has 0 saturated carbocycles. The van der Waals surface area contributed by atoms with Crippen LogP contribution in [0.1, 0.15) is 23.2 Å². The molecule has 2 aliphatic rings. The summed E-state index contributed by atoms with van der Waals surface area (Å²) in [5.74, 6) is -0.757. The number of nitrogens with one attached hydrogen (secondary N) is 1. The number of benzene rings is 1. The molecule has 0 aromatic heterocycles. The van der Waals surface area contributed by atoms with Gasteiger partial charge in [0.15, 0.2) is 0 Å². The highest BCUT2D eigenvalue weighted by Gasteiger charge is 2.39. The van der Waals surface area contributed by atoms with Gasteiger partial charge < -0.3 is 4.81 Å². The second-order valence-corrected chi connectivity index (χ2v) is 4.56. The van der Waals surface area contributed by atoms with E-state index >= 15 is 0 Å². The van der Waals surface area contributed by atoms with E-state index in [1.807, 2.05) is 18.2 Å². The Morgan fingerprint density at radius 2 is 2.00 bits per heavy atom. The van der Waals surface area contributed by atoms with Crippen molar-refractivity contribution in [3.63, 3.8) is 0 Å². The molecule has 0 aliphatic carbocycles. The van der Waals surface area contributed by atoms with Crippen LogP contribution >= 0.6 is 0 Å². The number of rotatable bonds is 1. The van der Waals surface area contributed by atoms with Crippen molar-refractivity contribution in [3.05, 3.63) is 29.8 Å². The predicted molar refractivity (Wildman–Crippen MR) is 65.6 cm³/mol. The summed E-state index contributed by atoms with van der Waals surface area (Å²) in [6.07, 6.45) is 0.695. The number of amides is 3. The third-order valence-corrected chi connectivity index (χ3v) is 3.44. The highest BCUT2D eigenvalue weighted by Crippen LogP contribution is 2.18. The van der Waals surface area contributed by atoms with Crippen LogP contribution in [0.4, 0.5) is 0 Å². The first kappa shape index (κ1) is 11.0. The van der Waals surface area contributed by atoms with Gasteiger partial charge in [-0.05, 0) is 17.9 Å². The summed E-state index contributed by atoms with van der Waals surface area (Å²) in [4.78, 5) is 36.6. The Kier molecular flexibility index (Phi) is 2.43. The number of nitrogens with zero attached hydrogens (tertiary/aromatic N) is 1. The minimum absolute atomic E-state index is 0.125. The molecule has 1 N–H and O–H groups in total. The van der Waals surface area contributed by atoms with Gasteiger partial charge in [-0.3, -0.25) is 19.7 Å². The zero-order chi connectivity index (χ0) is 12.7. The summed E-state index contributed by atoms with van der Waals surface area (Å²) in [5, 5.41) is 2.28. The lowest BCUT2D eigenvalue weighted by Crippen LogP contribution is -2.54. The first-order valence-electron chi connectivity index (χ1n) is 5.89. The maximum Gasteiger partial charge on any atom is 0.275 e. The molecule has 1 fully saturated rings. The molecule has 1 unspecified atom stereocenters. The number of imide groups is 1. The van der Waals surface area contributed by atoms with E-state index in [-0.39, 0.29) is 24.1 Å². The van der Waals surface area contributed by atoms with Gasteiger partial charge in [0.25, 0.3) is 7.41 Å². The monoisotopic (exact) mass is 242 g/mol. The molecule has 1 saturated heterocycles. The van der Waals surface area contributed by atoms with Crippen LogP contribution in [0.25, 0.3) is 0 Å². The standard InChI is InChI=1S/C12H11BN2O3/c16-10-6-5-9(11(17)14-10)15-12(18)7-3-1-2-4-8(7)13-15/h1-4,9,13H,5-6H2,(H,14,16,17). The molecule has 0 radical (unpaired) electrons. The van der Waals surface area contributed by atoms with Crippen LogP contribution in [-0.4, -0.2) is 36.0 Å². The molecule has 90 valence electrons. The van der Waals surface area contributed by atoms with Gasteiger partial charge in [0.05, 0.1) is 0 Å². The molecule has 1 aromatic rings. The highest BCUT2D eigenvalue weighted by atomic mass is 16.2. The van der Waals surface area contributed by atoms with Gasteiger partial charge in [0.1, 0.15) is 6.04 Å². The first-order chi connectivity index (χ1) is 8.66.